The lowest BCUT2D eigenvalue weighted by Crippen LogP contribution is -1.98. The van der Waals surface area contributed by atoms with Gasteiger partial charge in [-0.15, -0.1) is 11.3 Å². The molecule has 1 N–H and O–H groups in total. The summed E-state index contributed by atoms with van der Waals surface area (Å²) in [5.74, 6) is -0.890. The Bertz CT molecular complexity index is 622. The van der Waals surface area contributed by atoms with Crippen LogP contribution in [0.15, 0.2) is 22.7 Å². The topological polar surface area (TPSA) is 50.2 Å². The summed E-state index contributed by atoms with van der Waals surface area (Å²) >= 11 is 4.73. The van der Waals surface area contributed by atoms with Gasteiger partial charge in [-0.1, -0.05) is 41.4 Å². The standard InChI is InChI=1S/C14H14BrNO2S/c1-3-4-11-12(14(17)18)19-13(16-11)9-6-5-8(2)10(15)7-9/h5-7H,3-4H2,1-2H3,(H,17,18). The summed E-state index contributed by atoms with van der Waals surface area (Å²) in [6.07, 6.45) is 1.59. The maximum Gasteiger partial charge on any atom is 0.347 e. The van der Waals surface area contributed by atoms with Crippen molar-refractivity contribution in [2.45, 2.75) is 26.7 Å². The van der Waals surface area contributed by atoms with Gasteiger partial charge in [-0.3, -0.25) is 0 Å². The van der Waals surface area contributed by atoms with Crippen molar-refractivity contribution in [2.24, 2.45) is 0 Å². The monoisotopic (exact) mass is 339 g/mol. The Morgan fingerprint density at radius 1 is 1.47 bits per heavy atom. The highest BCUT2D eigenvalue weighted by Crippen LogP contribution is 2.31. The van der Waals surface area contributed by atoms with Gasteiger partial charge in [-0.05, 0) is 25.0 Å². The van der Waals surface area contributed by atoms with E-state index in [0.29, 0.717) is 17.0 Å². The summed E-state index contributed by atoms with van der Waals surface area (Å²) in [6, 6.07) is 5.95. The predicted octanol–water partition coefficient (Wildman–Crippen LogP) is 4.53. The fourth-order valence-corrected chi connectivity index (χ4v) is 3.10. The molecule has 19 heavy (non-hydrogen) atoms. The van der Waals surface area contributed by atoms with E-state index in [4.69, 9.17) is 0 Å². The maximum absolute atomic E-state index is 11.2. The SMILES string of the molecule is CCCc1nc(-c2ccc(C)c(Br)c2)sc1C(=O)O. The fraction of sp³-hybridized carbons (Fsp3) is 0.286. The van der Waals surface area contributed by atoms with Gasteiger partial charge in [0, 0.05) is 10.0 Å². The minimum absolute atomic E-state index is 0.355. The van der Waals surface area contributed by atoms with Gasteiger partial charge in [0.05, 0.1) is 5.69 Å². The van der Waals surface area contributed by atoms with Crippen LogP contribution < -0.4 is 0 Å². The van der Waals surface area contributed by atoms with Crippen molar-refractivity contribution in [3.8, 4) is 10.6 Å². The predicted molar refractivity (Wildman–Crippen MR) is 80.9 cm³/mol. The first-order chi connectivity index (χ1) is 9.02. The number of rotatable bonds is 4. The Kier molecular flexibility index (Phi) is 4.37. The Labute approximate surface area is 124 Å². The van der Waals surface area contributed by atoms with E-state index >= 15 is 0 Å². The molecule has 0 fully saturated rings. The van der Waals surface area contributed by atoms with Crippen molar-refractivity contribution in [1.82, 2.24) is 4.98 Å². The van der Waals surface area contributed by atoms with Crippen molar-refractivity contribution in [2.75, 3.05) is 0 Å². The van der Waals surface area contributed by atoms with Crippen molar-refractivity contribution in [3.63, 3.8) is 0 Å². The van der Waals surface area contributed by atoms with Gasteiger partial charge in [0.25, 0.3) is 0 Å². The van der Waals surface area contributed by atoms with E-state index in [1.165, 1.54) is 11.3 Å². The van der Waals surface area contributed by atoms with Crippen LogP contribution in [0.4, 0.5) is 0 Å². The van der Waals surface area contributed by atoms with Crippen LogP contribution >= 0.6 is 27.3 Å². The van der Waals surface area contributed by atoms with Gasteiger partial charge in [-0.2, -0.15) is 0 Å². The first-order valence-corrected chi connectivity index (χ1v) is 7.63. The summed E-state index contributed by atoms with van der Waals surface area (Å²) in [5.41, 5.74) is 2.78. The van der Waals surface area contributed by atoms with E-state index in [-0.39, 0.29) is 0 Å². The van der Waals surface area contributed by atoms with Gasteiger partial charge < -0.3 is 5.11 Å². The van der Waals surface area contributed by atoms with Gasteiger partial charge in [0.15, 0.2) is 0 Å². The number of halogens is 1. The maximum atomic E-state index is 11.2. The minimum atomic E-state index is -0.890. The smallest absolute Gasteiger partial charge is 0.347 e. The van der Waals surface area contributed by atoms with Gasteiger partial charge in [-0.25, -0.2) is 9.78 Å². The normalized spacial score (nSPS) is 10.7. The molecule has 0 atom stereocenters. The zero-order valence-corrected chi connectivity index (χ0v) is 13.1. The molecule has 2 rings (SSSR count). The van der Waals surface area contributed by atoms with Crippen LogP contribution in [0, 0.1) is 6.92 Å². The lowest BCUT2D eigenvalue weighted by Gasteiger charge is -2.00. The highest BCUT2D eigenvalue weighted by atomic mass is 79.9. The third-order valence-electron chi connectivity index (χ3n) is 2.80. The molecular weight excluding hydrogens is 326 g/mol. The van der Waals surface area contributed by atoms with E-state index < -0.39 is 5.97 Å². The molecule has 0 aliphatic carbocycles. The van der Waals surface area contributed by atoms with E-state index in [9.17, 15) is 9.90 Å². The van der Waals surface area contributed by atoms with E-state index in [1.807, 2.05) is 32.0 Å². The average molecular weight is 340 g/mol. The molecule has 2 aromatic rings. The summed E-state index contributed by atoms with van der Waals surface area (Å²) in [5, 5.41) is 9.98. The third-order valence-corrected chi connectivity index (χ3v) is 4.79. The molecule has 3 nitrogen and oxygen atoms in total. The van der Waals surface area contributed by atoms with Crippen molar-refractivity contribution < 1.29 is 9.90 Å². The summed E-state index contributed by atoms with van der Waals surface area (Å²) in [4.78, 5) is 16.1. The number of aromatic nitrogens is 1. The zero-order chi connectivity index (χ0) is 14.0. The Morgan fingerprint density at radius 3 is 2.79 bits per heavy atom. The number of carboxylic acids is 1. The second-order valence-corrected chi connectivity index (χ2v) is 6.17. The Balaban J connectivity index is 2.47. The molecule has 0 amide bonds. The molecule has 1 aromatic heterocycles. The average Bonchev–Trinajstić information content (AvgIpc) is 2.77. The molecular formula is C14H14BrNO2S. The van der Waals surface area contributed by atoms with Gasteiger partial charge in [0.1, 0.15) is 9.88 Å². The molecule has 0 unspecified atom stereocenters. The van der Waals surface area contributed by atoms with Crippen molar-refractivity contribution in [1.29, 1.82) is 0 Å². The van der Waals surface area contributed by atoms with E-state index in [1.54, 1.807) is 0 Å². The number of hydrogen-bond donors (Lipinski definition) is 1. The lowest BCUT2D eigenvalue weighted by molar-refractivity contribution is 0.0700. The number of carbonyl (C=O) groups is 1. The second kappa shape index (κ2) is 5.84. The molecule has 1 aromatic carbocycles. The summed E-state index contributed by atoms with van der Waals surface area (Å²) < 4.78 is 1.01. The van der Waals surface area contributed by atoms with Crippen LogP contribution in [0.3, 0.4) is 0 Å². The molecule has 0 saturated carbocycles. The fourth-order valence-electron chi connectivity index (χ4n) is 1.77. The Hall–Kier alpha value is -1.20. The molecule has 0 radical (unpaired) electrons. The molecule has 0 aliphatic heterocycles. The Morgan fingerprint density at radius 2 is 2.21 bits per heavy atom. The molecule has 5 heteroatoms. The number of nitrogens with zero attached hydrogens (tertiary/aromatic N) is 1. The lowest BCUT2D eigenvalue weighted by atomic mass is 10.1. The third kappa shape index (κ3) is 3.04. The number of carboxylic acid groups (broad SMARTS) is 1. The van der Waals surface area contributed by atoms with Gasteiger partial charge >= 0.3 is 5.97 Å². The number of hydrogen-bond acceptors (Lipinski definition) is 3. The van der Waals surface area contributed by atoms with E-state index in [2.05, 4.69) is 20.9 Å². The van der Waals surface area contributed by atoms with E-state index in [0.717, 1.165) is 27.0 Å². The molecule has 0 aliphatic rings. The van der Waals surface area contributed by atoms with Crippen LogP contribution in [0.2, 0.25) is 0 Å². The highest BCUT2D eigenvalue weighted by molar-refractivity contribution is 9.10. The van der Waals surface area contributed by atoms with Gasteiger partial charge in [0.2, 0.25) is 0 Å². The molecule has 100 valence electrons. The van der Waals surface area contributed by atoms with Crippen LogP contribution in [0.5, 0.6) is 0 Å². The quantitative estimate of drug-likeness (QED) is 0.889. The largest absolute Gasteiger partial charge is 0.477 e. The highest BCUT2D eigenvalue weighted by Gasteiger charge is 2.17. The molecule has 0 spiro atoms. The number of benzene rings is 1. The van der Waals surface area contributed by atoms with Crippen LogP contribution in [-0.4, -0.2) is 16.1 Å². The number of aryl methyl sites for hydroxylation is 2. The first kappa shape index (κ1) is 14.2. The van der Waals surface area contributed by atoms with Crippen LogP contribution in [0.1, 0.15) is 34.3 Å². The summed E-state index contributed by atoms with van der Waals surface area (Å²) in [7, 11) is 0. The zero-order valence-electron chi connectivity index (χ0n) is 10.7. The van der Waals surface area contributed by atoms with Crippen molar-refractivity contribution in [3.05, 3.63) is 38.8 Å². The minimum Gasteiger partial charge on any atom is -0.477 e. The molecule has 0 bridgehead atoms. The summed E-state index contributed by atoms with van der Waals surface area (Å²) in [6.45, 7) is 4.04. The number of aromatic carboxylic acids is 1. The molecule has 0 saturated heterocycles. The number of thiazole rings is 1. The first-order valence-electron chi connectivity index (χ1n) is 6.02. The molecule has 1 heterocycles. The van der Waals surface area contributed by atoms with Crippen LogP contribution in [-0.2, 0) is 6.42 Å². The van der Waals surface area contributed by atoms with Crippen LogP contribution in [0.25, 0.3) is 10.6 Å². The second-order valence-electron chi connectivity index (χ2n) is 4.31. The van der Waals surface area contributed by atoms with Crippen molar-refractivity contribution >= 4 is 33.2 Å².